The number of hydrogen-bond donors (Lipinski definition) is 2. The number of halogens is 4. The van der Waals surface area contributed by atoms with E-state index in [0.717, 1.165) is 0 Å². The van der Waals surface area contributed by atoms with E-state index in [1.807, 2.05) is 4.90 Å². The molecule has 10 heteroatoms. The van der Waals surface area contributed by atoms with Crippen LogP contribution in [0.15, 0.2) is 41.2 Å². The molecule has 2 aromatic rings. The number of hydrogen-bond acceptors (Lipinski definition) is 4. The highest BCUT2D eigenvalue weighted by Gasteiger charge is 2.67. The predicted molar refractivity (Wildman–Crippen MR) is 113 cm³/mol. The second kappa shape index (κ2) is 9.54. The molecule has 2 amide bonds. The number of nitrogens with zero attached hydrogens (tertiary/aromatic N) is 1. The summed E-state index contributed by atoms with van der Waals surface area (Å²) in [5, 5.41) is 2.73. The number of amides is 2. The first-order valence-electron chi connectivity index (χ1n) is 10.5. The van der Waals surface area contributed by atoms with Gasteiger partial charge in [-0.2, -0.15) is 13.2 Å². The van der Waals surface area contributed by atoms with E-state index in [0.29, 0.717) is 17.5 Å². The molecule has 2 unspecified atom stereocenters. The van der Waals surface area contributed by atoms with Gasteiger partial charge in [0.05, 0.1) is 23.5 Å². The first-order chi connectivity index (χ1) is 15.4. The normalized spacial score (nSPS) is 16.9. The van der Waals surface area contributed by atoms with Gasteiger partial charge in [-0.05, 0) is 62.7 Å². The second-order valence-corrected chi connectivity index (χ2v) is 8.77. The lowest BCUT2D eigenvalue weighted by Crippen LogP contribution is -2.42. The van der Waals surface area contributed by atoms with E-state index in [4.69, 9.17) is 10.2 Å². The number of carbonyl (C=O) groups excluding carboxylic acids is 2. The molecule has 33 heavy (non-hydrogen) atoms. The van der Waals surface area contributed by atoms with Crippen molar-refractivity contribution in [1.82, 2.24) is 10.2 Å². The average Bonchev–Trinajstić information content (AvgIpc) is 3.36. The zero-order valence-electron chi connectivity index (χ0n) is 18.4. The monoisotopic (exact) mass is 469 g/mol. The molecular formula is C23H27F4N3O3. The Hall–Kier alpha value is -2.88. The molecule has 1 aromatic carbocycles. The summed E-state index contributed by atoms with van der Waals surface area (Å²) < 4.78 is 60.2. The summed E-state index contributed by atoms with van der Waals surface area (Å²) in [7, 11) is 3.56. The zero-order valence-corrected chi connectivity index (χ0v) is 18.4. The van der Waals surface area contributed by atoms with Crippen molar-refractivity contribution < 1.29 is 31.6 Å². The van der Waals surface area contributed by atoms with E-state index in [-0.39, 0.29) is 37.4 Å². The number of carbonyl (C=O) groups is 2. The van der Waals surface area contributed by atoms with Gasteiger partial charge in [0.2, 0.25) is 5.91 Å². The molecule has 0 aliphatic heterocycles. The van der Waals surface area contributed by atoms with Crippen LogP contribution in [0.5, 0.6) is 0 Å². The molecule has 1 fully saturated rings. The van der Waals surface area contributed by atoms with Crippen LogP contribution >= 0.6 is 0 Å². The van der Waals surface area contributed by atoms with E-state index >= 15 is 0 Å². The lowest BCUT2D eigenvalue weighted by atomic mass is 9.81. The highest BCUT2D eigenvalue weighted by molar-refractivity contribution is 5.93. The van der Waals surface area contributed by atoms with Crippen LogP contribution in [0, 0.1) is 11.2 Å². The summed E-state index contributed by atoms with van der Waals surface area (Å²) >= 11 is 0. The van der Waals surface area contributed by atoms with E-state index in [1.165, 1.54) is 30.7 Å². The number of rotatable bonds is 10. The molecule has 0 radical (unpaired) electrons. The molecule has 1 saturated carbocycles. The summed E-state index contributed by atoms with van der Waals surface area (Å²) in [4.78, 5) is 25.7. The Balaban J connectivity index is 1.66. The number of likely N-dealkylation sites (N-methyl/N-ethyl adjacent to an activating group) is 1. The second-order valence-electron chi connectivity index (χ2n) is 8.77. The Morgan fingerprint density at radius 2 is 1.94 bits per heavy atom. The summed E-state index contributed by atoms with van der Waals surface area (Å²) in [5.41, 5.74) is 3.95. The largest absolute Gasteiger partial charge is 0.472 e. The molecule has 1 aliphatic rings. The highest BCUT2D eigenvalue weighted by Crippen LogP contribution is 2.66. The standard InChI is InChI=1S/C23H27F4N3O3/c1-30(2)16(9-14-3-4-17(21(28)32)19(24)10-14)12-29-20(31)11-18(15-5-8-33-13-15)22(6-7-22)23(25,26)27/h3-5,8,10,13,16,18H,6-7,9,11-12H2,1-2H3,(H2,28,32)(H,29,31). The number of furan rings is 1. The van der Waals surface area contributed by atoms with Crippen LogP contribution in [-0.2, 0) is 11.2 Å². The molecule has 1 aliphatic carbocycles. The van der Waals surface area contributed by atoms with Crippen LogP contribution in [0.4, 0.5) is 17.6 Å². The van der Waals surface area contributed by atoms with Crippen molar-refractivity contribution in [2.24, 2.45) is 11.1 Å². The molecule has 0 spiro atoms. The minimum atomic E-state index is -4.41. The zero-order chi connectivity index (χ0) is 24.4. The average molecular weight is 469 g/mol. The number of nitrogens with one attached hydrogen (secondary N) is 1. The van der Waals surface area contributed by atoms with Gasteiger partial charge in [0, 0.05) is 24.9 Å². The van der Waals surface area contributed by atoms with Gasteiger partial charge < -0.3 is 20.4 Å². The Morgan fingerprint density at radius 1 is 1.24 bits per heavy atom. The van der Waals surface area contributed by atoms with Crippen molar-refractivity contribution in [2.75, 3.05) is 20.6 Å². The third-order valence-corrected chi connectivity index (χ3v) is 6.39. The fraction of sp³-hybridized carbons (Fsp3) is 0.478. The molecule has 180 valence electrons. The van der Waals surface area contributed by atoms with Gasteiger partial charge in [-0.3, -0.25) is 9.59 Å². The SMILES string of the molecule is CN(C)C(CNC(=O)CC(c1ccoc1)C1(C(F)(F)F)CC1)Cc1ccc(C(N)=O)c(F)c1. The van der Waals surface area contributed by atoms with Gasteiger partial charge in [-0.1, -0.05) is 6.07 Å². The fourth-order valence-corrected chi connectivity index (χ4v) is 4.15. The van der Waals surface area contributed by atoms with Crippen molar-refractivity contribution >= 4 is 11.8 Å². The quantitative estimate of drug-likeness (QED) is 0.521. The van der Waals surface area contributed by atoms with E-state index < -0.39 is 35.1 Å². The lowest BCUT2D eigenvalue weighted by molar-refractivity contribution is -0.194. The summed E-state index contributed by atoms with van der Waals surface area (Å²) in [6.07, 6.45) is -1.86. The van der Waals surface area contributed by atoms with Crippen LogP contribution in [0.3, 0.4) is 0 Å². The van der Waals surface area contributed by atoms with Gasteiger partial charge in [-0.15, -0.1) is 0 Å². The molecule has 3 N–H and O–H groups in total. The van der Waals surface area contributed by atoms with Crippen molar-refractivity contribution in [2.45, 2.75) is 43.8 Å². The number of primary amides is 1. The number of alkyl halides is 3. The van der Waals surface area contributed by atoms with Crippen LogP contribution < -0.4 is 11.1 Å². The minimum absolute atomic E-state index is 0.0210. The molecule has 0 saturated heterocycles. The first kappa shape index (κ1) is 24.8. The van der Waals surface area contributed by atoms with Crippen molar-refractivity contribution in [1.29, 1.82) is 0 Å². The Morgan fingerprint density at radius 3 is 2.42 bits per heavy atom. The lowest BCUT2D eigenvalue weighted by Gasteiger charge is -2.29. The van der Waals surface area contributed by atoms with Crippen LogP contribution in [0.25, 0.3) is 0 Å². The Kier molecular flexibility index (Phi) is 7.16. The molecule has 3 rings (SSSR count). The maximum absolute atomic E-state index is 14.1. The first-order valence-corrected chi connectivity index (χ1v) is 10.5. The molecule has 6 nitrogen and oxygen atoms in total. The fourth-order valence-electron chi connectivity index (χ4n) is 4.15. The molecule has 1 aromatic heterocycles. The van der Waals surface area contributed by atoms with Crippen molar-refractivity contribution in [3.05, 3.63) is 59.3 Å². The Bertz CT molecular complexity index is 985. The Labute approximate surface area is 189 Å². The maximum atomic E-state index is 14.1. The van der Waals surface area contributed by atoms with Crippen molar-refractivity contribution in [3.8, 4) is 0 Å². The van der Waals surface area contributed by atoms with Crippen LogP contribution in [0.1, 0.15) is 46.7 Å². The summed E-state index contributed by atoms with van der Waals surface area (Å²) in [6.45, 7) is 0.155. The van der Waals surface area contributed by atoms with E-state index in [9.17, 15) is 27.2 Å². The molecule has 1 heterocycles. The number of benzene rings is 1. The topological polar surface area (TPSA) is 88.6 Å². The molecule has 0 bridgehead atoms. The minimum Gasteiger partial charge on any atom is -0.472 e. The van der Waals surface area contributed by atoms with Crippen LogP contribution in [0.2, 0.25) is 0 Å². The van der Waals surface area contributed by atoms with Gasteiger partial charge in [0.25, 0.3) is 5.91 Å². The van der Waals surface area contributed by atoms with Crippen molar-refractivity contribution in [3.63, 3.8) is 0 Å². The predicted octanol–water partition coefficient (Wildman–Crippen LogP) is 3.62. The van der Waals surface area contributed by atoms with E-state index in [1.54, 1.807) is 20.2 Å². The highest BCUT2D eigenvalue weighted by atomic mass is 19.4. The third-order valence-electron chi connectivity index (χ3n) is 6.39. The van der Waals surface area contributed by atoms with E-state index in [2.05, 4.69) is 5.32 Å². The maximum Gasteiger partial charge on any atom is 0.395 e. The van der Waals surface area contributed by atoms with Crippen LogP contribution in [-0.4, -0.2) is 49.6 Å². The molecular weight excluding hydrogens is 442 g/mol. The van der Waals surface area contributed by atoms with Gasteiger partial charge in [0.1, 0.15) is 5.82 Å². The van der Waals surface area contributed by atoms with Gasteiger partial charge in [-0.25, -0.2) is 4.39 Å². The molecule has 2 atom stereocenters. The smallest absolute Gasteiger partial charge is 0.395 e. The van der Waals surface area contributed by atoms with Gasteiger partial charge in [0.15, 0.2) is 0 Å². The summed E-state index contributed by atoms with van der Waals surface area (Å²) in [6, 6.07) is 5.32. The van der Waals surface area contributed by atoms with Gasteiger partial charge >= 0.3 is 6.18 Å². The summed E-state index contributed by atoms with van der Waals surface area (Å²) in [5.74, 6) is -3.12. The number of nitrogens with two attached hydrogens (primary N) is 1. The third kappa shape index (κ3) is 5.55.